The predicted octanol–water partition coefficient (Wildman–Crippen LogP) is 3.37. The summed E-state index contributed by atoms with van der Waals surface area (Å²) in [6.07, 6.45) is 1.34. The number of ether oxygens (including phenoxy) is 1. The zero-order valence-electron chi connectivity index (χ0n) is 14.0. The third-order valence-corrected chi connectivity index (χ3v) is 4.22. The molecule has 2 N–H and O–H groups in total. The summed E-state index contributed by atoms with van der Waals surface area (Å²) in [5, 5.41) is 14.7. The molecule has 0 saturated heterocycles. The molecular formula is C19H16BrN3O3. The first-order chi connectivity index (χ1) is 12.6. The largest absolute Gasteiger partial charge is 0.465 e. The predicted molar refractivity (Wildman–Crippen MR) is 101 cm³/mol. The second-order valence-corrected chi connectivity index (χ2v) is 5.99. The van der Waals surface area contributed by atoms with Gasteiger partial charge in [0.2, 0.25) is 0 Å². The topological polar surface area (TPSA) is 91.2 Å². The number of benzene rings is 2. The van der Waals surface area contributed by atoms with E-state index in [0.717, 1.165) is 10.0 Å². The average Bonchev–Trinajstić information content (AvgIpc) is 2.66. The molecule has 0 aromatic heterocycles. The Morgan fingerprint density at radius 1 is 1.19 bits per heavy atom. The van der Waals surface area contributed by atoms with Crippen LogP contribution < -0.4 is 10.6 Å². The standard InChI is InChI=1S/C19H16BrN3O3/c1-26-19(25)15-7-3-5-9-17(15)23-18(24)14(10-21)12-22-11-13-6-2-4-8-16(13)20/h2-9,12,22H,11H2,1H3,(H,23,24)/b14-12-. The smallest absolute Gasteiger partial charge is 0.339 e. The number of carbonyl (C=O) groups excluding carboxylic acids is 2. The highest BCUT2D eigenvalue weighted by Gasteiger charge is 2.15. The fourth-order valence-corrected chi connectivity index (χ4v) is 2.55. The van der Waals surface area contributed by atoms with Gasteiger partial charge in [-0.05, 0) is 23.8 Å². The van der Waals surface area contributed by atoms with Gasteiger partial charge in [0.25, 0.3) is 5.91 Å². The Morgan fingerprint density at radius 3 is 2.58 bits per heavy atom. The molecule has 6 nitrogen and oxygen atoms in total. The highest BCUT2D eigenvalue weighted by molar-refractivity contribution is 9.10. The normalized spacial score (nSPS) is 10.6. The molecule has 2 aromatic rings. The summed E-state index contributed by atoms with van der Waals surface area (Å²) in [4.78, 5) is 24.1. The van der Waals surface area contributed by atoms with Crippen molar-refractivity contribution in [3.05, 3.63) is 75.9 Å². The molecule has 0 aliphatic carbocycles. The fourth-order valence-electron chi connectivity index (χ4n) is 2.12. The second kappa shape index (κ2) is 9.39. The third-order valence-electron chi connectivity index (χ3n) is 3.44. The van der Waals surface area contributed by atoms with Crippen LogP contribution in [0.15, 0.2) is 64.8 Å². The van der Waals surface area contributed by atoms with Crippen molar-refractivity contribution in [2.45, 2.75) is 6.54 Å². The van der Waals surface area contributed by atoms with Crippen LogP contribution in [0.2, 0.25) is 0 Å². The van der Waals surface area contributed by atoms with E-state index in [1.807, 2.05) is 30.3 Å². The van der Waals surface area contributed by atoms with Crippen LogP contribution in [0, 0.1) is 11.3 Å². The molecule has 0 heterocycles. The lowest BCUT2D eigenvalue weighted by molar-refractivity contribution is -0.112. The Morgan fingerprint density at radius 2 is 1.88 bits per heavy atom. The zero-order chi connectivity index (χ0) is 18.9. The molecule has 0 aliphatic rings. The molecule has 2 aromatic carbocycles. The van der Waals surface area contributed by atoms with Gasteiger partial charge in [0.05, 0.1) is 18.4 Å². The first-order valence-electron chi connectivity index (χ1n) is 7.62. The fraction of sp³-hybridized carbons (Fsp3) is 0.105. The lowest BCUT2D eigenvalue weighted by Gasteiger charge is -2.09. The Bertz CT molecular complexity index is 888. The van der Waals surface area contributed by atoms with Gasteiger partial charge in [-0.15, -0.1) is 0 Å². The third kappa shape index (κ3) is 4.94. The SMILES string of the molecule is COC(=O)c1ccccc1NC(=O)/C(C#N)=C\NCc1ccccc1Br. The van der Waals surface area contributed by atoms with Crippen molar-refractivity contribution in [2.75, 3.05) is 12.4 Å². The molecule has 0 fully saturated rings. The molecule has 2 rings (SSSR count). The lowest BCUT2D eigenvalue weighted by Crippen LogP contribution is -2.18. The molecular weight excluding hydrogens is 398 g/mol. The number of methoxy groups -OCH3 is 1. The summed E-state index contributed by atoms with van der Waals surface area (Å²) in [5.74, 6) is -1.20. The van der Waals surface area contributed by atoms with Gasteiger partial charge in [-0.1, -0.05) is 46.3 Å². The van der Waals surface area contributed by atoms with E-state index in [0.29, 0.717) is 6.54 Å². The number of carbonyl (C=O) groups is 2. The average molecular weight is 414 g/mol. The van der Waals surface area contributed by atoms with Gasteiger partial charge in [-0.2, -0.15) is 5.26 Å². The molecule has 0 spiro atoms. The van der Waals surface area contributed by atoms with Gasteiger partial charge in [-0.3, -0.25) is 4.79 Å². The van der Waals surface area contributed by atoms with Crippen molar-refractivity contribution >= 4 is 33.5 Å². The number of para-hydroxylation sites is 1. The number of amides is 1. The van der Waals surface area contributed by atoms with Gasteiger partial charge in [0, 0.05) is 17.2 Å². The monoisotopic (exact) mass is 413 g/mol. The molecule has 0 radical (unpaired) electrons. The van der Waals surface area contributed by atoms with Crippen LogP contribution in [0.3, 0.4) is 0 Å². The van der Waals surface area contributed by atoms with E-state index in [1.165, 1.54) is 19.4 Å². The second-order valence-electron chi connectivity index (χ2n) is 5.13. The van der Waals surface area contributed by atoms with Crippen LogP contribution in [0.4, 0.5) is 5.69 Å². The first kappa shape index (κ1) is 19.2. The van der Waals surface area contributed by atoms with Crippen LogP contribution in [0.25, 0.3) is 0 Å². The summed E-state index contributed by atoms with van der Waals surface area (Å²) in [6, 6.07) is 15.9. The minimum atomic E-state index is -0.622. The van der Waals surface area contributed by atoms with E-state index in [9.17, 15) is 14.9 Å². The number of halogens is 1. The van der Waals surface area contributed by atoms with Crippen LogP contribution >= 0.6 is 15.9 Å². The van der Waals surface area contributed by atoms with E-state index in [-0.39, 0.29) is 16.8 Å². The van der Waals surface area contributed by atoms with Crippen LogP contribution in [-0.4, -0.2) is 19.0 Å². The quantitative estimate of drug-likeness (QED) is 0.430. The number of nitrogens with zero attached hydrogens (tertiary/aromatic N) is 1. The number of nitrogens with one attached hydrogen (secondary N) is 2. The summed E-state index contributed by atoms with van der Waals surface area (Å²) >= 11 is 3.43. The highest BCUT2D eigenvalue weighted by Crippen LogP contribution is 2.17. The van der Waals surface area contributed by atoms with Crippen molar-refractivity contribution in [1.29, 1.82) is 5.26 Å². The van der Waals surface area contributed by atoms with Crippen molar-refractivity contribution < 1.29 is 14.3 Å². The summed E-state index contributed by atoms with van der Waals surface area (Å²) in [7, 11) is 1.26. The van der Waals surface area contributed by atoms with E-state index < -0.39 is 11.9 Å². The van der Waals surface area contributed by atoms with Crippen LogP contribution in [0.1, 0.15) is 15.9 Å². The van der Waals surface area contributed by atoms with Gasteiger partial charge in [0.15, 0.2) is 0 Å². The number of nitriles is 1. The molecule has 1 amide bonds. The van der Waals surface area contributed by atoms with Gasteiger partial charge in [-0.25, -0.2) is 4.79 Å². The first-order valence-corrected chi connectivity index (χ1v) is 8.42. The van der Waals surface area contributed by atoms with Crippen molar-refractivity contribution in [3.8, 4) is 6.07 Å². The Kier molecular flexibility index (Phi) is 6.94. The van der Waals surface area contributed by atoms with Crippen molar-refractivity contribution in [1.82, 2.24) is 5.32 Å². The molecule has 0 bridgehead atoms. The number of hydrogen-bond acceptors (Lipinski definition) is 5. The Balaban J connectivity index is 2.09. The minimum Gasteiger partial charge on any atom is -0.465 e. The van der Waals surface area contributed by atoms with Crippen LogP contribution in [-0.2, 0) is 16.1 Å². The maximum atomic E-state index is 12.3. The zero-order valence-corrected chi connectivity index (χ0v) is 15.5. The minimum absolute atomic E-state index is 0.114. The molecule has 0 atom stereocenters. The lowest BCUT2D eigenvalue weighted by atomic mass is 10.1. The molecule has 0 aliphatic heterocycles. The number of hydrogen-bond donors (Lipinski definition) is 2. The molecule has 7 heteroatoms. The van der Waals surface area contributed by atoms with Crippen molar-refractivity contribution in [2.24, 2.45) is 0 Å². The van der Waals surface area contributed by atoms with Gasteiger partial charge < -0.3 is 15.4 Å². The Hall–Kier alpha value is -3.11. The molecule has 0 unspecified atom stereocenters. The Labute approximate surface area is 159 Å². The van der Waals surface area contributed by atoms with Crippen molar-refractivity contribution in [3.63, 3.8) is 0 Å². The van der Waals surface area contributed by atoms with Gasteiger partial charge >= 0.3 is 5.97 Å². The number of rotatable bonds is 6. The van der Waals surface area contributed by atoms with E-state index in [2.05, 4.69) is 31.3 Å². The molecule has 132 valence electrons. The summed E-state index contributed by atoms with van der Waals surface area (Å²) in [6.45, 7) is 0.443. The maximum absolute atomic E-state index is 12.3. The van der Waals surface area contributed by atoms with Gasteiger partial charge in [0.1, 0.15) is 11.6 Å². The molecule has 0 saturated carbocycles. The number of anilines is 1. The van der Waals surface area contributed by atoms with Crippen LogP contribution in [0.5, 0.6) is 0 Å². The van der Waals surface area contributed by atoms with E-state index in [1.54, 1.807) is 18.2 Å². The number of esters is 1. The van der Waals surface area contributed by atoms with E-state index in [4.69, 9.17) is 0 Å². The summed E-state index contributed by atoms with van der Waals surface area (Å²) < 4.78 is 5.61. The summed E-state index contributed by atoms with van der Waals surface area (Å²) in [5.41, 5.74) is 1.35. The van der Waals surface area contributed by atoms with E-state index >= 15 is 0 Å². The highest BCUT2D eigenvalue weighted by atomic mass is 79.9. The molecule has 26 heavy (non-hydrogen) atoms. The maximum Gasteiger partial charge on any atom is 0.339 e.